The zero-order chi connectivity index (χ0) is 14.5. The van der Waals surface area contributed by atoms with Gasteiger partial charge in [0.15, 0.2) is 5.96 Å². The summed E-state index contributed by atoms with van der Waals surface area (Å²) in [5.41, 5.74) is -0.389. The number of carbonyl (C=O) groups is 1. The maximum atomic E-state index is 12.0. The SMILES string of the molecule is CN=C(NC)NC1CCC(C(=O)OC(C)(C)C)CC1. The molecular weight excluding hydrogens is 242 g/mol. The van der Waals surface area contributed by atoms with Gasteiger partial charge in [-0.3, -0.25) is 9.79 Å². The second kappa shape index (κ2) is 6.78. The van der Waals surface area contributed by atoms with E-state index in [2.05, 4.69) is 15.6 Å². The Morgan fingerprint density at radius 2 is 1.79 bits per heavy atom. The van der Waals surface area contributed by atoms with Gasteiger partial charge in [0.1, 0.15) is 5.60 Å². The Balaban J connectivity index is 2.38. The van der Waals surface area contributed by atoms with E-state index in [0.717, 1.165) is 31.6 Å². The molecule has 1 rings (SSSR count). The lowest BCUT2D eigenvalue weighted by atomic mass is 9.86. The number of nitrogens with one attached hydrogen (secondary N) is 2. The molecule has 0 heterocycles. The quantitative estimate of drug-likeness (QED) is 0.455. The minimum Gasteiger partial charge on any atom is -0.460 e. The molecule has 0 aromatic rings. The Hall–Kier alpha value is -1.26. The molecule has 1 fully saturated rings. The second-order valence-corrected chi connectivity index (χ2v) is 6.05. The van der Waals surface area contributed by atoms with Gasteiger partial charge in [-0.25, -0.2) is 0 Å². The van der Waals surface area contributed by atoms with Crippen molar-refractivity contribution in [2.24, 2.45) is 10.9 Å². The Kier molecular flexibility index (Phi) is 5.63. The van der Waals surface area contributed by atoms with E-state index in [0.29, 0.717) is 6.04 Å². The van der Waals surface area contributed by atoms with Gasteiger partial charge in [0, 0.05) is 20.1 Å². The lowest BCUT2D eigenvalue weighted by Gasteiger charge is -2.30. The van der Waals surface area contributed by atoms with Crippen LogP contribution in [-0.4, -0.2) is 37.7 Å². The number of hydrogen-bond acceptors (Lipinski definition) is 3. The van der Waals surface area contributed by atoms with Gasteiger partial charge >= 0.3 is 5.97 Å². The third-order valence-electron chi connectivity index (χ3n) is 3.27. The summed E-state index contributed by atoms with van der Waals surface area (Å²) in [6.45, 7) is 5.74. The van der Waals surface area contributed by atoms with E-state index >= 15 is 0 Å². The number of guanidine groups is 1. The molecule has 19 heavy (non-hydrogen) atoms. The molecule has 1 aliphatic rings. The van der Waals surface area contributed by atoms with Crippen molar-refractivity contribution in [2.75, 3.05) is 14.1 Å². The van der Waals surface area contributed by atoms with Crippen LogP contribution >= 0.6 is 0 Å². The van der Waals surface area contributed by atoms with E-state index in [1.807, 2.05) is 27.8 Å². The number of carbonyl (C=O) groups excluding carboxylic acids is 1. The predicted octanol–water partition coefficient (Wildman–Crippen LogP) is 1.68. The summed E-state index contributed by atoms with van der Waals surface area (Å²) in [6, 6.07) is 0.393. The Labute approximate surface area is 116 Å². The Bertz CT molecular complexity index is 326. The number of rotatable bonds is 2. The topological polar surface area (TPSA) is 62.7 Å². The Morgan fingerprint density at radius 3 is 2.21 bits per heavy atom. The highest BCUT2D eigenvalue weighted by Gasteiger charge is 2.30. The van der Waals surface area contributed by atoms with Crippen LogP contribution in [0.5, 0.6) is 0 Å². The summed E-state index contributed by atoms with van der Waals surface area (Å²) in [5, 5.41) is 6.36. The predicted molar refractivity (Wildman–Crippen MR) is 77.1 cm³/mol. The van der Waals surface area contributed by atoms with E-state index in [-0.39, 0.29) is 17.5 Å². The summed E-state index contributed by atoms with van der Waals surface area (Å²) >= 11 is 0. The smallest absolute Gasteiger partial charge is 0.309 e. The molecule has 0 amide bonds. The zero-order valence-electron chi connectivity index (χ0n) is 12.7. The maximum absolute atomic E-state index is 12.0. The molecule has 0 atom stereocenters. The van der Waals surface area contributed by atoms with E-state index in [9.17, 15) is 4.79 Å². The molecule has 0 bridgehead atoms. The van der Waals surface area contributed by atoms with Crippen LogP contribution in [0, 0.1) is 5.92 Å². The van der Waals surface area contributed by atoms with Crippen molar-refractivity contribution in [2.45, 2.75) is 58.1 Å². The monoisotopic (exact) mass is 269 g/mol. The summed E-state index contributed by atoms with van der Waals surface area (Å²) in [4.78, 5) is 16.1. The number of nitrogens with zero attached hydrogens (tertiary/aromatic N) is 1. The minimum absolute atomic E-state index is 0.0499. The number of esters is 1. The van der Waals surface area contributed by atoms with Crippen molar-refractivity contribution in [3.63, 3.8) is 0 Å². The first-order chi connectivity index (χ1) is 8.85. The average molecular weight is 269 g/mol. The molecule has 5 heteroatoms. The lowest BCUT2D eigenvalue weighted by Crippen LogP contribution is -2.44. The summed E-state index contributed by atoms with van der Waals surface area (Å²) < 4.78 is 5.44. The van der Waals surface area contributed by atoms with Gasteiger partial charge < -0.3 is 15.4 Å². The first-order valence-corrected chi connectivity index (χ1v) is 6.99. The molecule has 1 aliphatic carbocycles. The molecule has 110 valence electrons. The standard InChI is InChI=1S/C14H27N3O2/c1-14(2,3)19-12(18)10-6-8-11(9-7-10)17-13(15-4)16-5/h10-11H,6-9H2,1-5H3,(H2,15,16,17). The van der Waals surface area contributed by atoms with Crippen molar-refractivity contribution >= 4 is 11.9 Å². The third-order valence-corrected chi connectivity index (χ3v) is 3.27. The van der Waals surface area contributed by atoms with Gasteiger partial charge in [-0.1, -0.05) is 0 Å². The van der Waals surface area contributed by atoms with Gasteiger partial charge in [0.2, 0.25) is 0 Å². The van der Waals surface area contributed by atoms with Crippen LogP contribution in [0.15, 0.2) is 4.99 Å². The van der Waals surface area contributed by atoms with Crippen LogP contribution in [-0.2, 0) is 9.53 Å². The van der Waals surface area contributed by atoms with Crippen molar-refractivity contribution in [1.82, 2.24) is 10.6 Å². The van der Waals surface area contributed by atoms with Gasteiger partial charge in [0.25, 0.3) is 0 Å². The van der Waals surface area contributed by atoms with E-state index in [4.69, 9.17) is 4.74 Å². The number of hydrogen-bond donors (Lipinski definition) is 2. The van der Waals surface area contributed by atoms with Gasteiger partial charge in [-0.15, -0.1) is 0 Å². The fourth-order valence-corrected chi connectivity index (χ4v) is 2.30. The van der Waals surface area contributed by atoms with E-state index in [1.54, 1.807) is 7.05 Å². The van der Waals surface area contributed by atoms with Crippen LogP contribution in [0.4, 0.5) is 0 Å². The third kappa shape index (κ3) is 5.49. The van der Waals surface area contributed by atoms with E-state index in [1.165, 1.54) is 0 Å². The van der Waals surface area contributed by atoms with Crippen LogP contribution in [0.2, 0.25) is 0 Å². The summed E-state index contributed by atoms with van der Waals surface area (Å²) in [5.74, 6) is 0.804. The van der Waals surface area contributed by atoms with Gasteiger partial charge in [-0.2, -0.15) is 0 Å². The molecule has 2 N–H and O–H groups in total. The molecule has 0 unspecified atom stereocenters. The molecule has 0 radical (unpaired) electrons. The minimum atomic E-state index is -0.389. The highest BCUT2D eigenvalue weighted by molar-refractivity contribution is 5.79. The van der Waals surface area contributed by atoms with Crippen molar-refractivity contribution in [3.05, 3.63) is 0 Å². The molecular formula is C14H27N3O2. The van der Waals surface area contributed by atoms with E-state index < -0.39 is 0 Å². The first kappa shape index (κ1) is 15.8. The Morgan fingerprint density at radius 1 is 1.21 bits per heavy atom. The second-order valence-electron chi connectivity index (χ2n) is 6.05. The van der Waals surface area contributed by atoms with Crippen LogP contribution in [0.1, 0.15) is 46.5 Å². The van der Waals surface area contributed by atoms with Crippen molar-refractivity contribution in [1.29, 1.82) is 0 Å². The van der Waals surface area contributed by atoms with Crippen molar-refractivity contribution in [3.8, 4) is 0 Å². The number of aliphatic imine (C=N–C) groups is 1. The van der Waals surface area contributed by atoms with Crippen LogP contribution < -0.4 is 10.6 Å². The normalized spacial score (nSPS) is 24.8. The molecule has 0 saturated heterocycles. The fraction of sp³-hybridized carbons (Fsp3) is 0.857. The van der Waals surface area contributed by atoms with Gasteiger partial charge in [0.05, 0.1) is 5.92 Å². The zero-order valence-corrected chi connectivity index (χ0v) is 12.7. The van der Waals surface area contributed by atoms with Crippen LogP contribution in [0.3, 0.4) is 0 Å². The first-order valence-electron chi connectivity index (χ1n) is 6.99. The van der Waals surface area contributed by atoms with Crippen molar-refractivity contribution < 1.29 is 9.53 Å². The maximum Gasteiger partial charge on any atom is 0.309 e. The lowest BCUT2D eigenvalue weighted by molar-refractivity contribution is -0.161. The highest BCUT2D eigenvalue weighted by atomic mass is 16.6. The molecule has 0 spiro atoms. The highest BCUT2D eigenvalue weighted by Crippen LogP contribution is 2.26. The summed E-state index contributed by atoms with van der Waals surface area (Å²) in [6.07, 6.45) is 3.72. The molecule has 0 aromatic carbocycles. The van der Waals surface area contributed by atoms with Crippen LogP contribution in [0.25, 0.3) is 0 Å². The summed E-state index contributed by atoms with van der Waals surface area (Å²) in [7, 11) is 3.60. The molecule has 1 saturated carbocycles. The molecule has 0 aromatic heterocycles. The molecule has 0 aliphatic heterocycles. The average Bonchev–Trinajstić information content (AvgIpc) is 2.34. The fourth-order valence-electron chi connectivity index (χ4n) is 2.30. The van der Waals surface area contributed by atoms with Gasteiger partial charge in [-0.05, 0) is 46.5 Å². The largest absolute Gasteiger partial charge is 0.460 e. The number of ether oxygens (including phenoxy) is 1. The molecule has 5 nitrogen and oxygen atoms in total.